The lowest BCUT2D eigenvalue weighted by Gasteiger charge is -2.14. The van der Waals surface area contributed by atoms with Crippen LogP contribution >= 0.6 is 11.6 Å². The van der Waals surface area contributed by atoms with Crippen molar-refractivity contribution in [3.05, 3.63) is 58.4 Å². The summed E-state index contributed by atoms with van der Waals surface area (Å²) in [6.07, 6.45) is 0. The molecule has 2 N–H and O–H groups in total. The Morgan fingerprint density at radius 2 is 2.00 bits per heavy atom. The number of halogens is 2. The summed E-state index contributed by atoms with van der Waals surface area (Å²) >= 11 is 5.97. The molecule has 0 amide bonds. The van der Waals surface area contributed by atoms with Crippen LogP contribution in [0.15, 0.2) is 36.4 Å². The Hall–Kier alpha value is -1.78. The van der Waals surface area contributed by atoms with Gasteiger partial charge in [-0.05, 0) is 36.8 Å². The van der Waals surface area contributed by atoms with Crippen LogP contribution in [0.1, 0.15) is 24.1 Å². The van der Waals surface area contributed by atoms with Gasteiger partial charge in [0, 0.05) is 11.6 Å². The minimum Gasteiger partial charge on any atom is -0.493 e. The van der Waals surface area contributed by atoms with E-state index in [1.807, 2.05) is 19.1 Å². The molecule has 112 valence electrons. The number of ether oxygens (including phenoxy) is 2. The largest absolute Gasteiger partial charge is 0.493 e. The monoisotopic (exact) mass is 309 g/mol. The number of nitrogens with two attached hydrogens (primary N) is 1. The summed E-state index contributed by atoms with van der Waals surface area (Å²) in [7, 11) is 1.54. The second kappa shape index (κ2) is 6.78. The van der Waals surface area contributed by atoms with Gasteiger partial charge in [-0.25, -0.2) is 4.39 Å². The van der Waals surface area contributed by atoms with Crippen molar-refractivity contribution >= 4 is 11.6 Å². The van der Waals surface area contributed by atoms with E-state index in [1.54, 1.807) is 25.3 Å². The molecule has 1 atom stereocenters. The summed E-state index contributed by atoms with van der Waals surface area (Å²) in [6, 6.07) is 9.84. The third kappa shape index (κ3) is 3.65. The Kier molecular flexibility index (Phi) is 5.04. The summed E-state index contributed by atoms with van der Waals surface area (Å²) in [5.74, 6) is 0.673. The molecule has 0 aliphatic heterocycles. The lowest BCUT2D eigenvalue weighted by molar-refractivity contribution is 0.279. The smallest absolute Gasteiger partial charge is 0.161 e. The molecular formula is C16H17ClFNO2. The molecule has 0 fully saturated rings. The van der Waals surface area contributed by atoms with Crippen LogP contribution in [0.3, 0.4) is 0 Å². The first-order valence-electron chi connectivity index (χ1n) is 6.52. The second-order valence-electron chi connectivity index (χ2n) is 4.69. The van der Waals surface area contributed by atoms with E-state index in [-0.39, 0.29) is 12.6 Å². The van der Waals surface area contributed by atoms with E-state index in [4.69, 9.17) is 26.8 Å². The lowest BCUT2D eigenvalue weighted by Crippen LogP contribution is -2.06. The summed E-state index contributed by atoms with van der Waals surface area (Å²) in [6.45, 7) is 1.91. The predicted molar refractivity (Wildman–Crippen MR) is 81.3 cm³/mol. The van der Waals surface area contributed by atoms with Crippen molar-refractivity contribution < 1.29 is 13.9 Å². The van der Waals surface area contributed by atoms with Gasteiger partial charge in [-0.1, -0.05) is 23.7 Å². The van der Waals surface area contributed by atoms with Gasteiger partial charge < -0.3 is 15.2 Å². The van der Waals surface area contributed by atoms with Crippen LogP contribution in [-0.2, 0) is 6.61 Å². The van der Waals surface area contributed by atoms with Gasteiger partial charge in [0.15, 0.2) is 11.5 Å². The van der Waals surface area contributed by atoms with Crippen molar-refractivity contribution in [3.63, 3.8) is 0 Å². The molecule has 2 rings (SSSR count). The first-order valence-corrected chi connectivity index (χ1v) is 6.90. The second-order valence-corrected chi connectivity index (χ2v) is 5.10. The van der Waals surface area contributed by atoms with Gasteiger partial charge in [0.05, 0.1) is 12.1 Å². The molecule has 1 unspecified atom stereocenters. The molecule has 2 aromatic rings. The van der Waals surface area contributed by atoms with Crippen molar-refractivity contribution in [1.82, 2.24) is 0 Å². The van der Waals surface area contributed by atoms with Gasteiger partial charge >= 0.3 is 0 Å². The van der Waals surface area contributed by atoms with E-state index in [0.717, 1.165) is 5.56 Å². The fraction of sp³-hybridized carbons (Fsp3) is 0.250. The standard InChI is InChI=1S/C16H17ClFNO2/c1-10(19)11-6-7-15(16(8-11)20-2)21-9-12-13(17)4-3-5-14(12)18/h3-8,10H,9,19H2,1-2H3. The van der Waals surface area contributed by atoms with Crippen LogP contribution < -0.4 is 15.2 Å². The van der Waals surface area contributed by atoms with E-state index in [2.05, 4.69) is 0 Å². The van der Waals surface area contributed by atoms with E-state index in [0.29, 0.717) is 22.1 Å². The highest BCUT2D eigenvalue weighted by Gasteiger charge is 2.11. The highest BCUT2D eigenvalue weighted by atomic mass is 35.5. The lowest BCUT2D eigenvalue weighted by atomic mass is 10.1. The highest BCUT2D eigenvalue weighted by molar-refractivity contribution is 6.31. The minimum atomic E-state index is -0.395. The van der Waals surface area contributed by atoms with Crippen LogP contribution in [0, 0.1) is 5.82 Å². The molecule has 0 heterocycles. The maximum atomic E-state index is 13.7. The molecule has 3 nitrogen and oxygen atoms in total. The van der Waals surface area contributed by atoms with Crippen LogP contribution in [-0.4, -0.2) is 7.11 Å². The van der Waals surface area contributed by atoms with Crippen molar-refractivity contribution in [3.8, 4) is 11.5 Å². The van der Waals surface area contributed by atoms with E-state index in [1.165, 1.54) is 6.07 Å². The zero-order valence-electron chi connectivity index (χ0n) is 11.9. The predicted octanol–water partition coefficient (Wildman–Crippen LogP) is 4.09. The van der Waals surface area contributed by atoms with E-state index >= 15 is 0 Å². The topological polar surface area (TPSA) is 44.5 Å². The quantitative estimate of drug-likeness (QED) is 0.905. The molecule has 0 aliphatic carbocycles. The van der Waals surface area contributed by atoms with Gasteiger partial charge in [0.25, 0.3) is 0 Å². The SMILES string of the molecule is COc1cc(C(C)N)ccc1OCc1c(F)cccc1Cl. The molecule has 0 saturated heterocycles. The van der Waals surface area contributed by atoms with Crippen LogP contribution in [0.2, 0.25) is 5.02 Å². The molecule has 0 spiro atoms. The molecular weight excluding hydrogens is 293 g/mol. The average molecular weight is 310 g/mol. The zero-order valence-corrected chi connectivity index (χ0v) is 12.7. The van der Waals surface area contributed by atoms with Gasteiger partial charge in [-0.3, -0.25) is 0 Å². The molecule has 0 bridgehead atoms. The van der Waals surface area contributed by atoms with E-state index < -0.39 is 5.82 Å². The van der Waals surface area contributed by atoms with Gasteiger partial charge in [0.2, 0.25) is 0 Å². The summed E-state index contributed by atoms with van der Waals surface area (Å²) in [4.78, 5) is 0. The molecule has 0 aromatic heterocycles. The number of methoxy groups -OCH3 is 1. The van der Waals surface area contributed by atoms with Gasteiger partial charge in [-0.2, -0.15) is 0 Å². The first kappa shape index (κ1) is 15.6. The van der Waals surface area contributed by atoms with Crippen molar-refractivity contribution in [1.29, 1.82) is 0 Å². The highest BCUT2D eigenvalue weighted by Crippen LogP contribution is 2.31. The number of hydrogen-bond acceptors (Lipinski definition) is 3. The molecule has 5 heteroatoms. The summed E-state index contributed by atoms with van der Waals surface area (Å²) < 4.78 is 24.6. The fourth-order valence-electron chi connectivity index (χ4n) is 1.91. The Morgan fingerprint density at radius 3 is 2.62 bits per heavy atom. The molecule has 0 radical (unpaired) electrons. The average Bonchev–Trinajstić information content (AvgIpc) is 2.46. The van der Waals surface area contributed by atoms with Crippen molar-refractivity contribution in [2.75, 3.05) is 7.11 Å². The molecule has 0 saturated carbocycles. The summed E-state index contributed by atoms with van der Waals surface area (Å²) in [5, 5.41) is 0.334. The van der Waals surface area contributed by atoms with Crippen LogP contribution in [0.5, 0.6) is 11.5 Å². The number of hydrogen-bond donors (Lipinski definition) is 1. The first-order chi connectivity index (χ1) is 10.0. The maximum absolute atomic E-state index is 13.7. The molecule has 21 heavy (non-hydrogen) atoms. The third-order valence-corrected chi connectivity index (χ3v) is 3.50. The fourth-order valence-corrected chi connectivity index (χ4v) is 2.12. The van der Waals surface area contributed by atoms with Gasteiger partial charge in [-0.15, -0.1) is 0 Å². The Balaban J connectivity index is 2.20. The van der Waals surface area contributed by atoms with Crippen molar-refractivity contribution in [2.24, 2.45) is 5.73 Å². The zero-order chi connectivity index (χ0) is 15.4. The normalized spacial score (nSPS) is 12.0. The van der Waals surface area contributed by atoms with Crippen molar-refractivity contribution in [2.45, 2.75) is 19.6 Å². The van der Waals surface area contributed by atoms with Crippen LogP contribution in [0.4, 0.5) is 4.39 Å². The Labute approximate surface area is 128 Å². The Morgan fingerprint density at radius 1 is 1.24 bits per heavy atom. The van der Waals surface area contributed by atoms with E-state index in [9.17, 15) is 4.39 Å². The minimum absolute atomic E-state index is 0.0272. The molecule has 2 aromatic carbocycles. The van der Waals surface area contributed by atoms with Gasteiger partial charge in [0.1, 0.15) is 12.4 Å². The van der Waals surface area contributed by atoms with Crippen LogP contribution in [0.25, 0.3) is 0 Å². The Bertz CT molecular complexity index is 611. The third-order valence-electron chi connectivity index (χ3n) is 3.15. The number of benzene rings is 2. The molecule has 0 aliphatic rings. The number of rotatable bonds is 5. The summed E-state index contributed by atoms with van der Waals surface area (Å²) in [5.41, 5.74) is 7.08. The maximum Gasteiger partial charge on any atom is 0.161 e.